The first-order valence-corrected chi connectivity index (χ1v) is 13.9. The molecule has 2 unspecified atom stereocenters. The lowest BCUT2D eigenvalue weighted by Crippen LogP contribution is -2.43. The summed E-state index contributed by atoms with van der Waals surface area (Å²) in [5.41, 5.74) is 1.94. The van der Waals surface area contributed by atoms with Crippen molar-refractivity contribution in [2.45, 2.75) is 97.5 Å². The summed E-state index contributed by atoms with van der Waals surface area (Å²) in [5, 5.41) is 0. The number of amides is 2. The summed E-state index contributed by atoms with van der Waals surface area (Å²) in [6, 6.07) is 15.7. The van der Waals surface area contributed by atoms with Crippen LogP contribution in [-0.4, -0.2) is 53.9 Å². The predicted molar refractivity (Wildman–Crippen MR) is 156 cm³/mol. The molecule has 0 N–H and O–H groups in total. The Morgan fingerprint density at radius 3 is 2.31 bits per heavy atom. The third kappa shape index (κ3) is 5.87. The molecule has 2 saturated heterocycles. The Kier molecular flexibility index (Phi) is 7.94. The highest BCUT2D eigenvalue weighted by Gasteiger charge is 2.51. The summed E-state index contributed by atoms with van der Waals surface area (Å²) in [5.74, 6) is 0.261. The van der Waals surface area contributed by atoms with Crippen LogP contribution in [0.25, 0.3) is 0 Å². The molecule has 0 bridgehead atoms. The molecule has 39 heavy (non-hydrogen) atoms. The molecule has 7 nitrogen and oxygen atoms in total. The summed E-state index contributed by atoms with van der Waals surface area (Å²) < 4.78 is 18.3. The fourth-order valence-electron chi connectivity index (χ4n) is 5.59. The van der Waals surface area contributed by atoms with Crippen molar-refractivity contribution in [2.75, 3.05) is 11.4 Å². The molecule has 2 amide bonds. The average Bonchev–Trinajstić information content (AvgIpc) is 3.37. The van der Waals surface area contributed by atoms with Gasteiger partial charge in [-0.05, 0) is 90.0 Å². The quantitative estimate of drug-likeness (QED) is 0.335. The van der Waals surface area contributed by atoms with Crippen LogP contribution in [-0.2, 0) is 18.8 Å². The second kappa shape index (κ2) is 10.6. The van der Waals surface area contributed by atoms with E-state index in [2.05, 4.69) is 19.9 Å². The first kappa shape index (κ1) is 29.2. The largest absolute Gasteiger partial charge is 0.494 e. The maximum atomic E-state index is 13.1. The zero-order valence-corrected chi connectivity index (χ0v) is 24.9. The van der Waals surface area contributed by atoms with Crippen molar-refractivity contribution in [2.24, 2.45) is 5.92 Å². The smallest absolute Gasteiger partial charge is 0.444 e. The van der Waals surface area contributed by atoms with Crippen LogP contribution in [0.3, 0.4) is 0 Å². The Morgan fingerprint density at radius 1 is 1.08 bits per heavy atom. The number of hydrogen-bond donors (Lipinski definition) is 0. The van der Waals surface area contributed by atoms with Gasteiger partial charge in [0.05, 0.1) is 16.9 Å². The van der Waals surface area contributed by atoms with Crippen molar-refractivity contribution < 1.29 is 23.6 Å². The van der Waals surface area contributed by atoms with E-state index in [4.69, 9.17) is 14.0 Å². The van der Waals surface area contributed by atoms with Crippen molar-refractivity contribution in [3.8, 4) is 0 Å². The lowest BCUT2D eigenvalue weighted by atomic mass is 9.79. The van der Waals surface area contributed by atoms with Gasteiger partial charge in [0.2, 0.25) is 6.41 Å². The van der Waals surface area contributed by atoms with Crippen LogP contribution < -0.4 is 10.4 Å². The Hall–Kier alpha value is -2.84. The number of carbonyl (C=O) groups is 2. The van der Waals surface area contributed by atoms with Crippen molar-refractivity contribution >= 4 is 36.5 Å². The summed E-state index contributed by atoms with van der Waals surface area (Å²) >= 11 is 0. The summed E-state index contributed by atoms with van der Waals surface area (Å²) in [7, 11) is -0.527. The highest BCUT2D eigenvalue weighted by atomic mass is 16.7. The maximum absolute atomic E-state index is 13.1. The predicted octanol–water partition coefficient (Wildman–Crippen LogP) is 6.03. The van der Waals surface area contributed by atoms with Gasteiger partial charge in [-0.15, -0.1) is 0 Å². The second-order valence-electron chi connectivity index (χ2n) is 13.0. The molecule has 0 radical (unpaired) electrons. The van der Waals surface area contributed by atoms with Crippen LogP contribution in [0.4, 0.5) is 16.2 Å². The number of likely N-dealkylation sites (tertiary alicyclic amines) is 1. The fraction of sp³-hybridized carbons (Fsp3) is 0.548. The monoisotopic (exact) mass is 534 g/mol. The zero-order chi connectivity index (χ0) is 28.8. The van der Waals surface area contributed by atoms with Crippen LogP contribution in [0.15, 0.2) is 48.5 Å². The molecule has 2 heterocycles. The number of hydrogen-bond acceptors (Lipinski definition) is 5. The Bertz CT molecular complexity index is 1190. The van der Waals surface area contributed by atoms with E-state index in [1.807, 2.05) is 95.8 Å². The first-order chi connectivity index (χ1) is 18.1. The number of para-hydroxylation sites is 1. The number of ether oxygens (including phenoxy) is 1. The molecule has 2 fully saturated rings. The van der Waals surface area contributed by atoms with E-state index in [9.17, 15) is 9.59 Å². The molecular formula is C31H43BN2O5. The van der Waals surface area contributed by atoms with Gasteiger partial charge >= 0.3 is 13.2 Å². The standard InChI is InChI=1S/C31H43BN2O5/c1-21(2)27-25(17-18-33(27)28(36)37-29(3,4)5)24-15-10-11-16-26(24)34(20-35)23-14-12-13-22(19-23)32-38-30(6,7)31(8,9)39-32/h10-16,19-21,25,27H,17-18H2,1-9H3. The molecule has 210 valence electrons. The van der Waals surface area contributed by atoms with Gasteiger partial charge in [0.1, 0.15) is 5.60 Å². The van der Waals surface area contributed by atoms with Gasteiger partial charge in [0.15, 0.2) is 0 Å². The highest BCUT2D eigenvalue weighted by Crippen LogP contribution is 2.43. The van der Waals surface area contributed by atoms with Crippen molar-refractivity contribution in [3.05, 3.63) is 54.1 Å². The van der Waals surface area contributed by atoms with Gasteiger partial charge in [0, 0.05) is 24.2 Å². The van der Waals surface area contributed by atoms with Gasteiger partial charge in [-0.1, -0.05) is 44.2 Å². The lowest BCUT2D eigenvalue weighted by molar-refractivity contribution is -0.106. The third-order valence-corrected chi connectivity index (χ3v) is 8.14. The number of nitrogens with zero attached hydrogens (tertiary/aromatic N) is 2. The Balaban J connectivity index is 1.67. The van der Waals surface area contributed by atoms with E-state index in [1.165, 1.54) is 0 Å². The number of benzene rings is 2. The van der Waals surface area contributed by atoms with Crippen LogP contribution in [0.1, 0.15) is 80.2 Å². The third-order valence-electron chi connectivity index (χ3n) is 8.14. The summed E-state index contributed by atoms with van der Waals surface area (Å²) in [6.45, 7) is 18.6. The Labute approximate surface area is 233 Å². The first-order valence-electron chi connectivity index (χ1n) is 13.9. The zero-order valence-electron chi connectivity index (χ0n) is 24.9. The number of anilines is 2. The summed E-state index contributed by atoms with van der Waals surface area (Å²) in [4.78, 5) is 29.3. The molecule has 0 saturated carbocycles. The second-order valence-corrected chi connectivity index (χ2v) is 13.0. The molecule has 2 aromatic rings. The molecule has 2 aliphatic rings. The maximum Gasteiger partial charge on any atom is 0.494 e. The molecule has 2 atom stereocenters. The van der Waals surface area contributed by atoms with Gasteiger partial charge < -0.3 is 18.9 Å². The van der Waals surface area contributed by atoms with Gasteiger partial charge in [-0.2, -0.15) is 0 Å². The van der Waals surface area contributed by atoms with Gasteiger partial charge in [0.25, 0.3) is 0 Å². The molecule has 2 aromatic carbocycles. The SMILES string of the molecule is CC(C)C1C(c2ccccc2N(C=O)c2cccc(B3OC(C)(C)C(C)(C)O3)c2)CCN1C(=O)OC(C)(C)C. The minimum atomic E-state index is -0.564. The van der Waals surface area contributed by atoms with Crippen LogP contribution in [0, 0.1) is 5.92 Å². The number of rotatable bonds is 6. The van der Waals surface area contributed by atoms with E-state index < -0.39 is 23.9 Å². The Morgan fingerprint density at radius 2 is 1.72 bits per heavy atom. The van der Waals surface area contributed by atoms with Crippen LogP contribution >= 0.6 is 0 Å². The van der Waals surface area contributed by atoms with Crippen molar-refractivity contribution in [1.29, 1.82) is 0 Å². The van der Waals surface area contributed by atoms with E-state index in [-0.39, 0.29) is 24.0 Å². The van der Waals surface area contributed by atoms with E-state index in [1.54, 1.807) is 4.90 Å². The van der Waals surface area contributed by atoms with E-state index in [0.717, 1.165) is 35.2 Å². The minimum Gasteiger partial charge on any atom is -0.444 e. The molecule has 2 aliphatic heterocycles. The molecule has 0 aromatic heterocycles. The topological polar surface area (TPSA) is 68.3 Å². The fourth-order valence-corrected chi connectivity index (χ4v) is 5.59. The van der Waals surface area contributed by atoms with Gasteiger partial charge in [-0.3, -0.25) is 9.69 Å². The molecule has 4 rings (SSSR count). The van der Waals surface area contributed by atoms with E-state index >= 15 is 0 Å². The molecule has 0 spiro atoms. The van der Waals surface area contributed by atoms with Crippen LogP contribution in [0.5, 0.6) is 0 Å². The van der Waals surface area contributed by atoms with Crippen LogP contribution in [0.2, 0.25) is 0 Å². The highest BCUT2D eigenvalue weighted by molar-refractivity contribution is 6.62. The average molecular weight is 535 g/mol. The molecule has 8 heteroatoms. The van der Waals surface area contributed by atoms with Gasteiger partial charge in [-0.25, -0.2) is 4.79 Å². The summed E-state index contributed by atoms with van der Waals surface area (Å²) in [6.07, 6.45) is 1.36. The lowest BCUT2D eigenvalue weighted by Gasteiger charge is -2.34. The van der Waals surface area contributed by atoms with Crippen molar-refractivity contribution in [1.82, 2.24) is 4.90 Å². The normalized spacial score (nSPS) is 22.3. The van der Waals surface area contributed by atoms with Crippen molar-refractivity contribution in [3.63, 3.8) is 0 Å². The minimum absolute atomic E-state index is 0.0504. The molecule has 0 aliphatic carbocycles. The number of carbonyl (C=O) groups excluding carboxylic acids is 2. The van der Waals surface area contributed by atoms with E-state index in [0.29, 0.717) is 6.54 Å². The molecular weight excluding hydrogens is 491 g/mol.